The molecular weight excluding hydrogens is 377 g/mol. The standard InChI is InChI=1S/C20H25F3O5/c21-17-5-14(6-18(22)19(17)23)12-1-3-13(4-2-12)20-26-9-16(10-27-20)28-11-24-7-15-8-25-15/h5-6,12-13,15-16,20H,1-4,7-11H2. The van der Waals surface area contributed by atoms with Crippen LogP contribution in [0.4, 0.5) is 13.2 Å². The van der Waals surface area contributed by atoms with E-state index in [0.717, 1.165) is 44.4 Å². The Bertz CT molecular complexity index is 630. The SMILES string of the molecule is Fc1cc(C2CCC(C3OCC(OCOCC4CO4)CO3)CC2)cc(F)c1F. The van der Waals surface area contributed by atoms with E-state index in [1.54, 1.807) is 0 Å². The highest BCUT2D eigenvalue weighted by Crippen LogP contribution is 2.39. The molecular formula is C20H25F3O5. The molecule has 1 aromatic carbocycles. The van der Waals surface area contributed by atoms with Gasteiger partial charge in [-0.3, -0.25) is 0 Å². The normalized spacial score (nSPS) is 33.0. The first kappa shape index (κ1) is 20.1. The van der Waals surface area contributed by atoms with Crippen LogP contribution in [0.3, 0.4) is 0 Å². The zero-order valence-corrected chi connectivity index (χ0v) is 15.6. The molecule has 0 bridgehead atoms. The molecule has 0 aromatic heterocycles. The third kappa shape index (κ3) is 5.04. The predicted octanol–water partition coefficient (Wildman–Crippen LogP) is 3.51. The fourth-order valence-corrected chi connectivity index (χ4v) is 3.89. The van der Waals surface area contributed by atoms with Crippen molar-refractivity contribution in [1.82, 2.24) is 0 Å². The highest BCUT2D eigenvalue weighted by molar-refractivity contribution is 5.23. The van der Waals surface area contributed by atoms with E-state index in [9.17, 15) is 13.2 Å². The zero-order valence-electron chi connectivity index (χ0n) is 15.6. The van der Waals surface area contributed by atoms with Crippen LogP contribution in [-0.2, 0) is 23.7 Å². The second-order valence-corrected chi connectivity index (χ2v) is 7.68. The predicted molar refractivity (Wildman–Crippen MR) is 92.1 cm³/mol. The second kappa shape index (κ2) is 9.09. The minimum Gasteiger partial charge on any atom is -0.371 e. The molecule has 0 radical (unpaired) electrons. The molecule has 3 fully saturated rings. The molecule has 2 heterocycles. The Kier molecular flexibility index (Phi) is 6.52. The van der Waals surface area contributed by atoms with Gasteiger partial charge in [-0.1, -0.05) is 0 Å². The zero-order chi connectivity index (χ0) is 19.5. The number of hydrogen-bond donors (Lipinski definition) is 0. The van der Waals surface area contributed by atoms with Crippen LogP contribution in [-0.4, -0.2) is 51.7 Å². The van der Waals surface area contributed by atoms with Crippen molar-refractivity contribution in [2.24, 2.45) is 5.92 Å². The Labute approximate surface area is 162 Å². The monoisotopic (exact) mass is 402 g/mol. The van der Waals surface area contributed by atoms with Crippen LogP contribution >= 0.6 is 0 Å². The van der Waals surface area contributed by atoms with E-state index in [1.807, 2.05) is 0 Å². The maximum Gasteiger partial charge on any atom is 0.194 e. The molecule has 2 aliphatic heterocycles. The lowest BCUT2D eigenvalue weighted by Crippen LogP contribution is -2.42. The molecule has 28 heavy (non-hydrogen) atoms. The summed E-state index contributed by atoms with van der Waals surface area (Å²) in [4.78, 5) is 0. The van der Waals surface area contributed by atoms with Gasteiger partial charge in [-0.2, -0.15) is 0 Å². The summed E-state index contributed by atoms with van der Waals surface area (Å²) < 4.78 is 67.7. The van der Waals surface area contributed by atoms with Gasteiger partial charge in [0.05, 0.1) is 26.4 Å². The van der Waals surface area contributed by atoms with E-state index >= 15 is 0 Å². The summed E-state index contributed by atoms with van der Waals surface area (Å²) >= 11 is 0. The third-order valence-electron chi connectivity index (χ3n) is 5.62. The minimum absolute atomic E-state index is 0.0214. The Morgan fingerprint density at radius 1 is 0.893 bits per heavy atom. The molecule has 3 aliphatic rings. The van der Waals surface area contributed by atoms with Gasteiger partial charge in [-0.05, 0) is 49.3 Å². The van der Waals surface area contributed by atoms with E-state index in [4.69, 9.17) is 23.7 Å². The van der Waals surface area contributed by atoms with Crippen LogP contribution in [0.15, 0.2) is 12.1 Å². The molecule has 1 unspecified atom stereocenters. The van der Waals surface area contributed by atoms with Gasteiger partial charge in [0.2, 0.25) is 0 Å². The molecule has 0 spiro atoms. The van der Waals surface area contributed by atoms with Crippen LogP contribution in [0.2, 0.25) is 0 Å². The van der Waals surface area contributed by atoms with Crippen molar-refractivity contribution in [3.05, 3.63) is 35.1 Å². The average Bonchev–Trinajstić information content (AvgIpc) is 3.54. The van der Waals surface area contributed by atoms with E-state index in [2.05, 4.69) is 0 Å². The number of halogens is 3. The summed E-state index contributed by atoms with van der Waals surface area (Å²) in [6.07, 6.45) is 2.94. The maximum atomic E-state index is 13.5. The van der Waals surface area contributed by atoms with Gasteiger partial charge in [-0.25, -0.2) is 13.2 Å². The highest BCUT2D eigenvalue weighted by Gasteiger charge is 2.33. The van der Waals surface area contributed by atoms with Crippen molar-refractivity contribution in [3.63, 3.8) is 0 Å². The third-order valence-corrected chi connectivity index (χ3v) is 5.62. The molecule has 1 aromatic rings. The Balaban J connectivity index is 1.18. The van der Waals surface area contributed by atoms with E-state index in [0.29, 0.717) is 25.4 Å². The summed E-state index contributed by atoms with van der Waals surface area (Å²) in [6, 6.07) is 2.22. The first-order chi connectivity index (χ1) is 13.6. The van der Waals surface area contributed by atoms with Gasteiger partial charge >= 0.3 is 0 Å². The largest absolute Gasteiger partial charge is 0.371 e. The summed E-state index contributed by atoms with van der Waals surface area (Å²) in [7, 11) is 0. The fourth-order valence-electron chi connectivity index (χ4n) is 3.89. The first-order valence-corrected chi connectivity index (χ1v) is 9.78. The van der Waals surface area contributed by atoms with Crippen LogP contribution in [0.25, 0.3) is 0 Å². The molecule has 1 atom stereocenters. The first-order valence-electron chi connectivity index (χ1n) is 9.78. The highest BCUT2D eigenvalue weighted by atomic mass is 19.2. The van der Waals surface area contributed by atoms with Crippen LogP contribution in [0.1, 0.15) is 37.2 Å². The van der Waals surface area contributed by atoms with E-state index < -0.39 is 17.5 Å². The van der Waals surface area contributed by atoms with Crippen molar-refractivity contribution in [1.29, 1.82) is 0 Å². The molecule has 1 aliphatic carbocycles. The number of epoxide rings is 1. The molecule has 4 rings (SSSR count). The summed E-state index contributed by atoms with van der Waals surface area (Å²) in [5.41, 5.74) is 0.519. The fraction of sp³-hybridized carbons (Fsp3) is 0.700. The van der Waals surface area contributed by atoms with Gasteiger partial charge < -0.3 is 23.7 Å². The van der Waals surface area contributed by atoms with Gasteiger partial charge in [0.1, 0.15) is 19.0 Å². The molecule has 0 amide bonds. The molecule has 1 saturated carbocycles. The van der Waals surface area contributed by atoms with Crippen molar-refractivity contribution in [2.45, 2.75) is 50.1 Å². The number of rotatable bonds is 7. The summed E-state index contributed by atoms with van der Waals surface area (Å²) in [6.45, 7) is 2.38. The quantitative estimate of drug-likeness (QED) is 0.302. The second-order valence-electron chi connectivity index (χ2n) is 7.68. The molecule has 8 heteroatoms. The number of hydrogen-bond acceptors (Lipinski definition) is 5. The molecule has 156 valence electrons. The smallest absolute Gasteiger partial charge is 0.194 e. The number of ether oxygens (including phenoxy) is 5. The van der Waals surface area contributed by atoms with Crippen LogP contribution in [0, 0.1) is 23.4 Å². The Morgan fingerprint density at radius 2 is 1.54 bits per heavy atom. The van der Waals surface area contributed by atoms with Gasteiger partial charge in [0.15, 0.2) is 23.7 Å². The van der Waals surface area contributed by atoms with Crippen molar-refractivity contribution in [2.75, 3.05) is 33.2 Å². The van der Waals surface area contributed by atoms with Gasteiger partial charge in [-0.15, -0.1) is 0 Å². The minimum atomic E-state index is -1.41. The maximum absolute atomic E-state index is 13.5. The van der Waals surface area contributed by atoms with Gasteiger partial charge in [0.25, 0.3) is 0 Å². The summed E-state index contributed by atoms with van der Waals surface area (Å²) in [5, 5.41) is 0. The van der Waals surface area contributed by atoms with Crippen LogP contribution in [0.5, 0.6) is 0 Å². The van der Waals surface area contributed by atoms with E-state index in [-0.39, 0.29) is 37.1 Å². The molecule has 5 nitrogen and oxygen atoms in total. The molecule has 0 N–H and O–H groups in total. The lowest BCUT2D eigenvalue weighted by molar-refractivity contribution is -0.260. The summed E-state index contributed by atoms with van der Waals surface area (Å²) in [5.74, 6) is -3.42. The van der Waals surface area contributed by atoms with Gasteiger partial charge in [0, 0.05) is 5.92 Å². The van der Waals surface area contributed by atoms with E-state index in [1.165, 1.54) is 0 Å². The lowest BCUT2D eigenvalue weighted by atomic mass is 9.78. The Morgan fingerprint density at radius 3 is 2.14 bits per heavy atom. The lowest BCUT2D eigenvalue weighted by Gasteiger charge is -2.37. The van der Waals surface area contributed by atoms with Crippen LogP contribution < -0.4 is 0 Å². The molecule has 2 saturated heterocycles. The van der Waals surface area contributed by atoms with Crippen molar-refractivity contribution in [3.8, 4) is 0 Å². The average molecular weight is 402 g/mol. The van der Waals surface area contributed by atoms with Crippen molar-refractivity contribution >= 4 is 0 Å². The number of benzene rings is 1. The van der Waals surface area contributed by atoms with Crippen molar-refractivity contribution < 1.29 is 36.9 Å². The topological polar surface area (TPSA) is 49.5 Å². The Hall–Kier alpha value is -1.19.